The van der Waals surface area contributed by atoms with Crippen molar-refractivity contribution in [1.82, 2.24) is 9.80 Å². The maximum atomic E-state index is 10.9. The zero-order valence-electron chi connectivity index (χ0n) is 5.85. The number of likely N-dealkylation sites (N-methyl/N-ethyl adjacent to an activating group) is 2. The quantitative estimate of drug-likeness (QED) is 0.442. The highest BCUT2D eigenvalue weighted by atomic mass is 16.4. The van der Waals surface area contributed by atoms with E-state index in [9.17, 15) is 4.79 Å². The number of aliphatic hydroxyl groups is 2. The summed E-state index contributed by atoms with van der Waals surface area (Å²) < 4.78 is 0. The van der Waals surface area contributed by atoms with Crippen molar-refractivity contribution in [3.05, 3.63) is 0 Å². The van der Waals surface area contributed by atoms with Crippen molar-refractivity contribution in [2.24, 2.45) is 0 Å². The first kappa shape index (κ1) is 7.30. The number of carbonyl (C=O) groups excluding carboxylic acids is 1. The molecule has 1 heterocycles. The van der Waals surface area contributed by atoms with Gasteiger partial charge < -0.3 is 10.2 Å². The van der Waals surface area contributed by atoms with Gasteiger partial charge in [-0.3, -0.25) is 9.80 Å². The third kappa shape index (κ3) is 0.748. The molecule has 2 atom stereocenters. The van der Waals surface area contributed by atoms with Crippen LogP contribution in [0.5, 0.6) is 0 Å². The van der Waals surface area contributed by atoms with E-state index in [1.54, 1.807) is 0 Å². The molecule has 5 nitrogen and oxygen atoms in total. The lowest BCUT2D eigenvalue weighted by Crippen LogP contribution is -2.34. The fourth-order valence-corrected chi connectivity index (χ4v) is 0.875. The first-order chi connectivity index (χ1) is 4.55. The number of nitrogens with zero attached hydrogens (tertiary/aromatic N) is 2. The molecule has 2 amide bonds. The number of urea groups is 1. The summed E-state index contributed by atoms with van der Waals surface area (Å²) in [6.45, 7) is 0. The molecule has 58 valence electrons. The molecule has 0 aromatic heterocycles. The van der Waals surface area contributed by atoms with E-state index in [0.717, 1.165) is 9.80 Å². The molecule has 0 saturated carbocycles. The second kappa shape index (κ2) is 2.10. The predicted octanol–water partition coefficient (Wildman–Crippen LogP) is -1.38. The van der Waals surface area contributed by atoms with Gasteiger partial charge in [-0.1, -0.05) is 0 Å². The van der Waals surface area contributed by atoms with E-state index in [-0.39, 0.29) is 6.03 Å². The van der Waals surface area contributed by atoms with Crippen LogP contribution < -0.4 is 0 Å². The summed E-state index contributed by atoms with van der Waals surface area (Å²) in [5.41, 5.74) is 0. The minimum atomic E-state index is -1.10. The number of rotatable bonds is 0. The first-order valence-corrected chi connectivity index (χ1v) is 2.91. The van der Waals surface area contributed by atoms with Gasteiger partial charge in [0.05, 0.1) is 0 Å². The van der Waals surface area contributed by atoms with Crippen molar-refractivity contribution in [2.45, 2.75) is 12.5 Å². The van der Waals surface area contributed by atoms with E-state index in [0.29, 0.717) is 0 Å². The predicted molar refractivity (Wildman–Crippen MR) is 32.9 cm³/mol. The molecular formula is C5H10N2O3. The Hall–Kier alpha value is -0.810. The second-order valence-corrected chi connectivity index (χ2v) is 2.33. The van der Waals surface area contributed by atoms with Crippen LogP contribution in [-0.2, 0) is 0 Å². The van der Waals surface area contributed by atoms with Crippen molar-refractivity contribution in [1.29, 1.82) is 0 Å². The Bertz CT molecular complexity index is 145. The van der Waals surface area contributed by atoms with Gasteiger partial charge in [0.2, 0.25) is 0 Å². The summed E-state index contributed by atoms with van der Waals surface area (Å²) in [6, 6.07) is -0.375. The molecule has 0 unspecified atom stereocenters. The largest absolute Gasteiger partial charge is 0.369 e. The molecule has 1 saturated heterocycles. The van der Waals surface area contributed by atoms with Gasteiger partial charge in [0.15, 0.2) is 12.5 Å². The average Bonchev–Trinajstić information content (AvgIpc) is 2.07. The Labute approximate surface area is 58.5 Å². The van der Waals surface area contributed by atoms with E-state index < -0.39 is 12.5 Å². The Morgan fingerprint density at radius 2 is 1.50 bits per heavy atom. The molecule has 0 aromatic carbocycles. The van der Waals surface area contributed by atoms with Crippen LogP contribution in [0.2, 0.25) is 0 Å². The van der Waals surface area contributed by atoms with Gasteiger partial charge >= 0.3 is 6.03 Å². The van der Waals surface area contributed by atoms with Crippen molar-refractivity contribution in [3.63, 3.8) is 0 Å². The van der Waals surface area contributed by atoms with E-state index in [1.165, 1.54) is 14.1 Å². The van der Waals surface area contributed by atoms with Crippen LogP contribution in [0, 0.1) is 0 Å². The van der Waals surface area contributed by atoms with Gasteiger partial charge in [0.1, 0.15) is 0 Å². The van der Waals surface area contributed by atoms with Gasteiger partial charge in [-0.25, -0.2) is 4.79 Å². The minimum absolute atomic E-state index is 0.375. The fraction of sp³-hybridized carbons (Fsp3) is 0.800. The molecule has 1 aliphatic heterocycles. The summed E-state index contributed by atoms with van der Waals surface area (Å²) in [5.74, 6) is 0. The number of aliphatic hydroxyl groups excluding tert-OH is 2. The lowest BCUT2D eigenvalue weighted by molar-refractivity contribution is -0.0550. The highest BCUT2D eigenvalue weighted by Crippen LogP contribution is 2.14. The SMILES string of the molecule is CN1C(=O)N(C)[C@@H](O)[C@@H]1O. The Kier molecular flexibility index (Phi) is 1.53. The molecule has 10 heavy (non-hydrogen) atoms. The monoisotopic (exact) mass is 146 g/mol. The maximum Gasteiger partial charge on any atom is 0.323 e. The summed E-state index contributed by atoms with van der Waals surface area (Å²) in [6.07, 6.45) is -2.20. The molecule has 0 aromatic rings. The standard InChI is InChI=1S/C5H10N2O3/c1-6-3(8)4(9)7(2)5(6)10/h3-4,8-9H,1-2H3/t3-,4-/m0/s1. The topological polar surface area (TPSA) is 64.0 Å². The summed E-state index contributed by atoms with van der Waals surface area (Å²) in [7, 11) is 2.86. The van der Waals surface area contributed by atoms with Gasteiger partial charge in [0, 0.05) is 14.1 Å². The van der Waals surface area contributed by atoms with Crippen molar-refractivity contribution < 1.29 is 15.0 Å². The van der Waals surface area contributed by atoms with Gasteiger partial charge in [-0.2, -0.15) is 0 Å². The Morgan fingerprint density at radius 3 is 1.60 bits per heavy atom. The Morgan fingerprint density at radius 1 is 1.20 bits per heavy atom. The first-order valence-electron chi connectivity index (χ1n) is 2.91. The smallest absolute Gasteiger partial charge is 0.323 e. The van der Waals surface area contributed by atoms with E-state index in [4.69, 9.17) is 10.2 Å². The lowest BCUT2D eigenvalue weighted by Gasteiger charge is -2.13. The third-order valence-electron chi connectivity index (χ3n) is 1.66. The van der Waals surface area contributed by atoms with E-state index in [2.05, 4.69) is 0 Å². The number of amides is 2. The summed E-state index contributed by atoms with van der Waals surface area (Å²) >= 11 is 0. The van der Waals surface area contributed by atoms with Crippen molar-refractivity contribution >= 4 is 6.03 Å². The average molecular weight is 146 g/mol. The summed E-state index contributed by atoms with van der Waals surface area (Å²) in [4.78, 5) is 13.0. The van der Waals surface area contributed by atoms with Gasteiger partial charge in [-0.15, -0.1) is 0 Å². The van der Waals surface area contributed by atoms with Crippen LogP contribution in [0.1, 0.15) is 0 Å². The number of hydrogen-bond donors (Lipinski definition) is 2. The lowest BCUT2D eigenvalue weighted by atomic mass is 10.5. The van der Waals surface area contributed by atoms with Gasteiger partial charge in [-0.05, 0) is 0 Å². The van der Waals surface area contributed by atoms with E-state index >= 15 is 0 Å². The van der Waals surface area contributed by atoms with Crippen LogP contribution in [0.15, 0.2) is 0 Å². The molecule has 1 fully saturated rings. The third-order valence-corrected chi connectivity index (χ3v) is 1.66. The number of carbonyl (C=O) groups is 1. The molecule has 0 spiro atoms. The molecule has 1 aliphatic rings. The number of hydrogen-bond acceptors (Lipinski definition) is 3. The van der Waals surface area contributed by atoms with Crippen LogP contribution in [0.25, 0.3) is 0 Å². The highest BCUT2D eigenvalue weighted by molar-refractivity contribution is 5.76. The second-order valence-electron chi connectivity index (χ2n) is 2.33. The molecule has 0 bridgehead atoms. The van der Waals surface area contributed by atoms with Crippen LogP contribution >= 0.6 is 0 Å². The summed E-state index contributed by atoms with van der Waals surface area (Å²) in [5, 5.41) is 18.0. The highest BCUT2D eigenvalue weighted by Gasteiger charge is 2.39. The normalized spacial score (nSPS) is 33.8. The zero-order chi connectivity index (χ0) is 7.89. The molecule has 0 radical (unpaired) electrons. The van der Waals surface area contributed by atoms with Gasteiger partial charge in [0.25, 0.3) is 0 Å². The minimum Gasteiger partial charge on any atom is -0.369 e. The van der Waals surface area contributed by atoms with Crippen molar-refractivity contribution in [2.75, 3.05) is 14.1 Å². The fourth-order valence-electron chi connectivity index (χ4n) is 0.875. The van der Waals surface area contributed by atoms with Crippen molar-refractivity contribution in [3.8, 4) is 0 Å². The van der Waals surface area contributed by atoms with Crippen LogP contribution in [0.3, 0.4) is 0 Å². The van der Waals surface area contributed by atoms with Crippen LogP contribution in [-0.4, -0.2) is 52.6 Å². The molecular weight excluding hydrogens is 136 g/mol. The zero-order valence-corrected chi connectivity index (χ0v) is 5.85. The van der Waals surface area contributed by atoms with Crippen LogP contribution in [0.4, 0.5) is 4.79 Å². The Balaban J connectivity index is 2.78. The molecule has 5 heteroatoms. The molecule has 1 rings (SSSR count). The van der Waals surface area contributed by atoms with E-state index in [1.807, 2.05) is 0 Å². The molecule has 2 N–H and O–H groups in total. The molecule has 0 aliphatic carbocycles. The maximum absolute atomic E-state index is 10.9.